The van der Waals surface area contributed by atoms with Crippen LogP contribution in [0, 0.1) is 0 Å². The van der Waals surface area contributed by atoms with Gasteiger partial charge in [-0.05, 0) is 127 Å². The zero-order valence-corrected chi connectivity index (χ0v) is 31.7. The van der Waals surface area contributed by atoms with E-state index >= 15 is 0 Å². The first kappa shape index (κ1) is 36.9. The zero-order valence-electron chi connectivity index (χ0n) is 31.7. The molecule has 274 valence electrons. The number of hydrogen-bond acceptors (Lipinski definition) is 6. The fourth-order valence-electron chi connectivity index (χ4n) is 6.95. The van der Waals surface area contributed by atoms with Crippen LogP contribution < -0.4 is 31.2 Å². The Hall–Kier alpha value is -5.83. The maximum atomic E-state index is 12.5. The molecule has 3 aliphatic heterocycles. The third-order valence-corrected chi connectivity index (χ3v) is 9.66. The molecule has 3 aliphatic rings. The highest BCUT2D eigenvalue weighted by molar-refractivity contribution is 6.35. The molecule has 5 N–H and O–H groups in total. The molecule has 3 heterocycles. The minimum absolute atomic E-state index is 0.0985. The van der Waals surface area contributed by atoms with Crippen LogP contribution in [0.1, 0.15) is 106 Å². The quantitative estimate of drug-likeness (QED) is 0.116. The van der Waals surface area contributed by atoms with Crippen molar-refractivity contribution in [2.45, 2.75) is 78.7 Å². The predicted octanol–water partition coefficient (Wildman–Crippen LogP) is 9.26. The lowest BCUT2D eigenvalue weighted by atomic mass is 9.90. The van der Waals surface area contributed by atoms with E-state index in [2.05, 4.69) is 75.7 Å². The van der Waals surface area contributed by atoms with E-state index in [4.69, 9.17) is 15.2 Å². The molecular formula is C44H48N4O5. The van der Waals surface area contributed by atoms with Gasteiger partial charge in [0.15, 0.2) is 0 Å². The van der Waals surface area contributed by atoms with Gasteiger partial charge in [0.1, 0.15) is 17.1 Å². The Balaban J connectivity index is 0.000000182. The fourth-order valence-corrected chi connectivity index (χ4v) is 6.95. The van der Waals surface area contributed by atoms with Crippen molar-refractivity contribution in [1.82, 2.24) is 0 Å². The van der Waals surface area contributed by atoms with Crippen molar-refractivity contribution < 1.29 is 23.9 Å². The maximum Gasteiger partial charge on any atom is 0.256 e. The summed E-state index contributed by atoms with van der Waals surface area (Å²) in [6, 6.07) is 21.2. The zero-order chi connectivity index (χ0) is 38.2. The molecule has 3 amide bonds. The van der Waals surface area contributed by atoms with Crippen LogP contribution in [0.15, 0.2) is 66.7 Å². The van der Waals surface area contributed by atoms with Crippen molar-refractivity contribution in [3.63, 3.8) is 0 Å². The standard InChI is InChI=1S/C22H22N2O3.C22H26N2O2/c1-13(25)23-16-5-6-17-18(21(26)24-19(17)12-16)11-14-4-7-20-15(10-14)8-9-22(2,3)27-20;1-12(2)17-8-14(9-18(13(3)4)21(17)26-5)10-19-16-7-6-15(23)11-20(16)24-22(19)25/h4-7,10-12H,8-9H2,1-3H3,(H,23,25)(H,24,26);6-13H,23H2,1-5H3,(H,24,25)/b18-11-;19-10-. The third-order valence-electron chi connectivity index (χ3n) is 9.66. The number of ether oxygens (including phenoxy) is 2. The molecular weight excluding hydrogens is 665 g/mol. The third kappa shape index (κ3) is 7.99. The molecule has 0 spiro atoms. The summed E-state index contributed by atoms with van der Waals surface area (Å²) < 4.78 is 11.7. The van der Waals surface area contributed by atoms with Crippen molar-refractivity contribution in [3.8, 4) is 11.5 Å². The Labute approximate surface area is 311 Å². The Morgan fingerprint density at radius 1 is 0.830 bits per heavy atom. The van der Waals surface area contributed by atoms with Crippen molar-refractivity contribution in [2.24, 2.45) is 0 Å². The lowest BCUT2D eigenvalue weighted by Crippen LogP contribution is -2.32. The molecule has 7 rings (SSSR count). The molecule has 0 atom stereocenters. The van der Waals surface area contributed by atoms with Gasteiger partial charge in [-0.2, -0.15) is 0 Å². The molecule has 9 heteroatoms. The van der Waals surface area contributed by atoms with E-state index in [0.717, 1.165) is 63.4 Å². The Morgan fingerprint density at radius 2 is 1.42 bits per heavy atom. The Morgan fingerprint density at radius 3 is 2.00 bits per heavy atom. The van der Waals surface area contributed by atoms with Gasteiger partial charge in [0, 0.05) is 40.6 Å². The van der Waals surface area contributed by atoms with Gasteiger partial charge in [0.2, 0.25) is 5.91 Å². The number of anilines is 4. The highest BCUT2D eigenvalue weighted by Gasteiger charge is 2.28. The minimum atomic E-state index is -0.144. The van der Waals surface area contributed by atoms with Crippen LogP contribution in [-0.2, 0) is 20.8 Å². The van der Waals surface area contributed by atoms with Crippen LogP contribution in [0.5, 0.6) is 11.5 Å². The first-order chi connectivity index (χ1) is 25.1. The number of nitrogens with two attached hydrogens (primary N) is 1. The topological polar surface area (TPSA) is 132 Å². The molecule has 0 aliphatic carbocycles. The Bertz CT molecular complexity index is 2160. The van der Waals surface area contributed by atoms with Crippen LogP contribution >= 0.6 is 0 Å². The number of rotatable bonds is 6. The first-order valence-corrected chi connectivity index (χ1v) is 18.0. The van der Waals surface area contributed by atoms with E-state index in [1.165, 1.54) is 12.5 Å². The van der Waals surface area contributed by atoms with Crippen molar-refractivity contribution in [2.75, 3.05) is 28.8 Å². The monoisotopic (exact) mass is 712 g/mol. The summed E-state index contributed by atoms with van der Waals surface area (Å²) in [4.78, 5) is 36.1. The van der Waals surface area contributed by atoms with E-state index < -0.39 is 0 Å². The molecule has 4 aromatic rings. The molecule has 0 saturated heterocycles. The second-order valence-electron chi connectivity index (χ2n) is 15.0. The summed E-state index contributed by atoms with van der Waals surface area (Å²) in [5, 5.41) is 8.50. The van der Waals surface area contributed by atoms with Gasteiger partial charge in [-0.25, -0.2) is 0 Å². The molecule has 0 fully saturated rings. The molecule has 4 aromatic carbocycles. The minimum Gasteiger partial charge on any atom is -0.496 e. The smallest absolute Gasteiger partial charge is 0.256 e. The second kappa shape index (κ2) is 14.7. The molecule has 0 unspecified atom stereocenters. The molecule has 0 bridgehead atoms. The molecule has 0 saturated carbocycles. The van der Waals surface area contributed by atoms with E-state index in [9.17, 15) is 14.4 Å². The summed E-state index contributed by atoms with van der Waals surface area (Å²) in [5.74, 6) is 2.13. The summed E-state index contributed by atoms with van der Waals surface area (Å²) in [6.45, 7) is 14.3. The van der Waals surface area contributed by atoms with Crippen molar-refractivity contribution >= 4 is 63.8 Å². The van der Waals surface area contributed by atoms with Crippen LogP contribution in [0.2, 0.25) is 0 Å². The second-order valence-corrected chi connectivity index (χ2v) is 15.0. The lowest BCUT2D eigenvalue weighted by molar-refractivity contribution is -0.114. The number of aryl methyl sites for hydroxylation is 1. The van der Waals surface area contributed by atoms with Crippen LogP contribution in [0.4, 0.5) is 22.7 Å². The van der Waals surface area contributed by atoms with Gasteiger partial charge in [0.25, 0.3) is 11.8 Å². The predicted molar refractivity (Wildman–Crippen MR) is 215 cm³/mol. The van der Waals surface area contributed by atoms with E-state index in [-0.39, 0.29) is 23.3 Å². The molecule has 0 radical (unpaired) electrons. The number of nitrogen functional groups attached to an aromatic ring is 1. The average Bonchev–Trinajstić information content (AvgIpc) is 3.56. The maximum absolute atomic E-state index is 12.5. The first-order valence-electron chi connectivity index (χ1n) is 18.0. The number of hydrogen-bond donors (Lipinski definition) is 4. The van der Waals surface area contributed by atoms with Crippen LogP contribution in [-0.4, -0.2) is 30.4 Å². The SMILES string of the molecule is CC(=O)Nc1ccc2c(c1)NC(=O)/C2=C\c1ccc2c(c1)CCC(C)(C)O2.COc1c(C(C)C)cc(/C=C2\C(=O)Nc3cc(N)ccc32)cc1C(C)C. The van der Waals surface area contributed by atoms with Gasteiger partial charge in [-0.15, -0.1) is 0 Å². The molecule has 53 heavy (non-hydrogen) atoms. The van der Waals surface area contributed by atoms with Crippen LogP contribution in [0.3, 0.4) is 0 Å². The van der Waals surface area contributed by atoms with Gasteiger partial charge >= 0.3 is 0 Å². The number of nitrogens with one attached hydrogen (secondary N) is 3. The highest BCUT2D eigenvalue weighted by Crippen LogP contribution is 2.40. The van der Waals surface area contributed by atoms with Gasteiger partial charge in [-0.3, -0.25) is 14.4 Å². The summed E-state index contributed by atoms with van der Waals surface area (Å²) in [7, 11) is 1.72. The number of carbonyl (C=O) groups excluding carboxylic acids is 3. The summed E-state index contributed by atoms with van der Waals surface area (Å²) in [5.41, 5.74) is 16.9. The van der Waals surface area contributed by atoms with Crippen molar-refractivity contribution in [1.29, 1.82) is 0 Å². The largest absolute Gasteiger partial charge is 0.496 e. The number of fused-ring (bicyclic) bond motifs is 3. The van der Waals surface area contributed by atoms with Crippen LogP contribution in [0.25, 0.3) is 23.3 Å². The highest BCUT2D eigenvalue weighted by atomic mass is 16.5. The Kier molecular flexibility index (Phi) is 10.2. The van der Waals surface area contributed by atoms with Crippen molar-refractivity contribution in [3.05, 3.63) is 106 Å². The van der Waals surface area contributed by atoms with Gasteiger partial charge in [0.05, 0.1) is 18.5 Å². The number of carbonyl (C=O) groups is 3. The lowest BCUT2D eigenvalue weighted by Gasteiger charge is -2.32. The average molecular weight is 713 g/mol. The number of amides is 3. The molecule has 0 aromatic heterocycles. The van der Waals surface area contributed by atoms with E-state index in [0.29, 0.717) is 40.0 Å². The number of benzene rings is 4. The normalized spacial score (nSPS) is 16.6. The van der Waals surface area contributed by atoms with E-state index in [1.54, 1.807) is 25.3 Å². The fraction of sp³-hybridized carbons (Fsp3) is 0.295. The number of methoxy groups -OCH3 is 1. The van der Waals surface area contributed by atoms with Gasteiger partial charge < -0.3 is 31.2 Å². The van der Waals surface area contributed by atoms with Gasteiger partial charge in [-0.1, -0.05) is 45.9 Å². The van der Waals surface area contributed by atoms with E-state index in [1.807, 2.05) is 42.5 Å². The molecule has 9 nitrogen and oxygen atoms in total. The summed E-state index contributed by atoms with van der Waals surface area (Å²) in [6.07, 6.45) is 5.78. The summed E-state index contributed by atoms with van der Waals surface area (Å²) >= 11 is 0.